The quantitative estimate of drug-likeness (QED) is 0.152. The minimum atomic E-state index is -4.30. The topological polar surface area (TPSA) is 66.4 Å². The zero-order valence-electron chi connectivity index (χ0n) is 21.9. The van der Waals surface area contributed by atoms with Gasteiger partial charge in [-0.05, 0) is 49.8 Å². The van der Waals surface area contributed by atoms with Crippen molar-refractivity contribution in [3.05, 3.63) is 29.3 Å². The van der Waals surface area contributed by atoms with Crippen molar-refractivity contribution in [1.82, 2.24) is 0 Å². The fraction of sp³-hybridized carbons (Fsp3) is 0.778. The van der Waals surface area contributed by atoms with Crippen LogP contribution in [-0.2, 0) is 23.0 Å². The van der Waals surface area contributed by atoms with Gasteiger partial charge in [-0.15, -0.1) is 0 Å². The van der Waals surface area contributed by atoms with Crippen LogP contribution in [0.3, 0.4) is 0 Å². The monoisotopic (exact) mass is 490 g/mol. The SMILES string of the molecule is CCCCCCCCCc1cccc(OC(C)CS(=O)(=O)[O-])c1CCCCCCCCC.[Na+]. The van der Waals surface area contributed by atoms with E-state index in [1.165, 1.54) is 94.6 Å². The van der Waals surface area contributed by atoms with Crippen molar-refractivity contribution in [1.29, 1.82) is 0 Å². The van der Waals surface area contributed by atoms with E-state index in [9.17, 15) is 13.0 Å². The summed E-state index contributed by atoms with van der Waals surface area (Å²) in [6, 6.07) is 6.12. The standard InChI is InChI=1S/C27H48O4S.Na/c1-4-6-8-10-12-14-16-19-25-20-18-22-27(31-24(3)23-32(28,29)30)26(25)21-17-15-13-11-9-7-5-2;/h18,20,22,24H,4-17,19,21,23H2,1-3H3,(H,28,29,30);/q;+1/p-1. The van der Waals surface area contributed by atoms with E-state index in [-0.39, 0.29) is 29.6 Å². The maximum absolute atomic E-state index is 11.1. The summed E-state index contributed by atoms with van der Waals surface area (Å²) in [6.07, 6.45) is 19.1. The first kappa shape index (κ1) is 32.9. The molecule has 0 amide bonds. The summed E-state index contributed by atoms with van der Waals surface area (Å²) in [7, 11) is -4.30. The Balaban J connectivity index is 0.0000102. The van der Waals surface area contributed by atoms with Crippen LogP contribution >= 0.6 is 0 Å². The van der Waals surface area contributed by atoms with Gasteiger partial charge in [-0.3, -0.25) is 0 Å². The summed E-state index contributed by atoms with van der Waals surface area (Å²) in [5.74, 6) is 0.263. The van der Waals surface area contributed by atoms with Crippen LogP contribution < -0.4 is 34.3 Å². The third-order valence-electron chi connectivity index (χ3n) is 6.08. The minimum absolute atomic E-state index is 0. The summed E-state index contributed by atoms with van der Waals surface area (Å²) >= 11 is 0. The zero-order chi connectivity index (χ0) is 23.7. The predicted molar refractivity (Wildman–Crippen MR) is 134 cm³/mol. The van der Waals surface area contributed by atoms with Gasteiger partial charge in [0.1, 0.15) is 11.9 Å². The largest absolute Gasteiger partial charge is 1.00 e. The molecule has 0 N–H and O–H groups in total. The first-order valence-corrected chi connectivity index (χ1v) is 14.7. The van der Waals surface area contributed by atoms with Crippen molar-refractivity contribution in [2.24, 2.45) is 0 Å². The van der Waals surface area contributed by atoms with Crippen molar-refractivity contribution in [2.45, 2.75) is 130 Å². The molecule has 1 aromatic rings. The Morgan fingerprint density at radius 2 is 1.27 bits per heavy atom. The number of aryl methyl sites for hydroxylation is 1. The summed E-state index contributed by atoms with van der Waals surface area (Å²) in [4.78, 5) is 0. The molecule has 0 aliphatic carbocycles. The Bertz CT molecular complexity index is 706. The van der Waals surface area contributed by atoms with Gasteiger partial charge < -0.3 is 9.29 Å². The van der Waals surface area contributed by atoms with Crippen LogP contribution in [0.2, 0.25) is 0 Å². The van der Waals surface area contributed by atoms with Crippen molar-refractivity contribution in [2.75, 3.05) is 5.75 Å². The molecule has 1 unspecified atom stereocenters. The molecular formula is C27H47NaO4S. The third kappa shape index (κ3) is 17.1. The van der Waals surface area contributed by atoms with Gasteiger partial charge in [0, 0.05) is 0 Å². The maximum Gasteiger partial charge on any atom is 1.00 e. The van der Waals surface area contributed by atoms with Gasteiger partial charge in [-0.1, -0.05) is 103 Å². The molecule has 0 aromatic heterocycles. The third-order valence-corrected chi connectivity index (χ3v) is 6.95. The van der Waals surface area contributed by atoms with Gasteiger partial charge in [0.05, 0.1) is 15.9 Å². The van der Waals surface area contributed by atoms with E-state index in [2.05, 4.69) is 19.9 Å². The fourth-order valence-electron chi connectivity index (χ4n) is 4.31. The van der Waals surface area contributed by atoms with Gasteiger partial charge in [-0.2, -0.15) is 0 Å². The average Bonchev–Trinajstić information content (AvgIpc) is 2.72. The molecule has 1 rings (SSSR count). The Hall–Kier alpha value is -0.0700. The number of ether oxygens (including phenoxy) is 1. The molecule has 0 bridgehead atoms. The number of hydrogen-bond acceptors (Lipinski definition) is 4. The normalized spacial score (nSPS) is 12.4. The van der Waals surface area contributed by atoms with Crippen LogP contribution in [-0.4, -0.2) is 24.8 Å². The minimum Gasteiger partial charge on any atom is -0.748 e. The van der Waals surface area contributed by atoms with Crippen molar-refractivity contribution in [3.8, 4) is 5.75 Å². The van der Waals surface area contributed by atoms with Gasteiger partial charge in [-0.25, -0.2) is 8.42 Å². The molecule has 0 saturated carbocycles. The van der Waals surface area contributed by atoms with Crippen molar-refractivity contribution >= 4 is 10.1 Å². The van der Waals surface area contributed by atoms with E-state index < -0.39 is 22.0 Å². The molecule has 0 fully saturated rings. The van der Waals surface area contributed by atoms with Crippen LogP contribution in [0.5, 0.6) is 5.75 Å². The van der Waals surface area contributed by atoms with Gasteiger partial charge >= 0.3 is 29.6 Å². The van der Waals surface area contributed by atoms with Gasteiger partial charge in [0.15, 0.2) is 0 Å². The van der Waals surface area contributed by atoms with E-state index in [1.807, 2.05) is 12.1 Å². The van der Waals surface area contributed by atoms with E-state index in [4.69, 9.17) is 4.74 Å². The molecule has 1 aromatic carbocycles. The molecule has 1 atom stereocenters. The molecule has 0 saturated heterocycles. The first-order chi connectivity index (χ1) is 15.4. The van der Waals surface area contributed by atoms with E-state index in [0.717, 1.165) is 25.0 Å². The molecule has 0 aliphatic heterocycles. The first-order valence-electron chi connectivity index (χ1n) is 13.1. The summed E-state index contributed by atoms with van der Waals surface area (Å²) in [5, 5.41) is 0. The molecule has 186 valence electrons. The second kappa shape index (κ2) is 20.2. The molecule has 33 heavy (non-hydrogen) atoms. The average molecular weight is 491 g/mol. The number of hydrogen-bond donors (Lipinski definition) is 0. The summed E-state index contributed by atoms with van der Waals surface area (Å²) in [5.41, 5.74) is 2.53. The number of rotatable bonds is 20. The second-order valence-electron chi connectivity index (χ2n) is 9.29. The molecule has 0 heterocycles. The molecule has 0 spiro atoms. The van der Waals surface area contributed by atoms with Crippen LogP contribution in [0, 0.1) is 0 Å². The predicted octanol–water partition coefficient (Wildman–Crippen LogP) is 4.59. The summed E-state index contributed by atoms with van der Waals surface area (Å²) in [6.45, 7) is 6.15. The fourth-order valence-corrected chi connectivity index (χ4v) is 4.95. The van der Waals surface area contributed by atoms with Crippen LogP contribution in [0.4, 0.5) is 0 Å². The molecule has 0 aliphatic rings. The molecule has 6 heteroatoms. The summed E-state index contributed by atoms with van der Waals surface area (Å²) < 4.78 is 39.4. The molecular weight excluding hydrogens is 443 g/mol. The molecule has 0 radical (unpaired) electrons. The van der Waals surface area contributed by atoms with Crippen LogP contribution in [0.15, 0.2) is 18.2 Å². The zero-order valence-corrected chi connectivity index (χ0v) is 24.7. The van der Waals surface area contributed by atoms with Crippen molar-refractivity contribution in [3.63, 3.8) is 0 Å². The van der Waals surface area contributed by atoms with Gasteiger partial charge in [0.2, 0.25) is 0 Å². The molecule has 4 nitrogen and oxygen atoms in total. The van der Waals surface area contributed by atoms with E-state index in [0.29, 0.717) is 0 Å². The maximum atomic E-state index is 11.1. The number of benzene rings is 1. The second-order valence-corrected chi connectivity index (χ2v) is 10.7. The van der Waals surface area contributed by atoms with E-state index in [1.54, 1.807) is 6.92 Å². The Morgan fingerprint density at radius 3 is 1.79 bits per heavy atom. The number of unbranched alkanes of at least 4 members (excludes halogenated alkanes) is 12. The van der Waals surface area contributed by atoms with E-state index >= 15 is 0 Å². The smallest absolute Gasteiger partial charge is 0.748 e. The Labute approximate surface area is 226 Å². The Kier molecular flexibility index (Phi) is 20.1. The Morgan fingerprint density at radius 1 is 0.788 bits per heavy atom. The van der Waals surface area contributed by atoms with Crippen LogP contribution in [0.1, 0.15) is 122 Å². The van der Waals surface area contributed by atoms with Crippen LogP contribution in [0.25, 0.3) is 0 Å². The van der Waals surface area contributed by atoms with Crippen molar-refractivity contribution < 1.29 is 47.3 Å². The van der Waals surface area contributed by atoms with Gasteiger partial charge in [0.25, 0.3) is 0 Å².